The molecule has 6 nitrogen and oxygen atoms in total. The number of hydrogen-bond donors (Lipinski definition) is 2. The molecule has 0 bridgehead atoms. The fourth-order valence-electron chi connectivity index (χ4n) is 2.35. The van der Waals surface area contributed by atoms with Gasteiger partial charge in [-0.05, 0) is 24.1 Å². The van der Waals surface area contributed by atoms with E-state index < -0.39 is 24.0 Å². The van der Waals surface area contributed by atoms with Gasteiger partial charge in [0.15, 0.2) is 0 Å². The molecular formula is C15H16Cl2N2O4. The first-order chi connectivity index (χ1) is 10.9. The van der Waals surface area contributed by atoms with E-state index in [-0.39, 0.29) is 18.7 Å². The Kier molecular flexibility index (Phi) is 5.85. The van der Waals surface area contributed by atoms with Crippen LogP contribution in [0.25, 0.3) is 0 Å². The van der Waals surface area contributed by atoms with Crippen molar-refractivity contribution in [2.75, 3.05) is 7.11 Å². The number of rotatable bonds is 5. The van der Waals surface area contributed by atoms with Crippen molar-refractivity contribution < 1.29 is 19.1 Å². The molecule has 2 rings (SSSR count). The maximum atomic E-state index is 12.2. The number of benzene rings is 1. The van der Waals surface area contributed by atoms with Gasteiger partial charge in [0.2, 0.25) is 11.8 Å². The fraction of sp³-hybridized carbons (Fsp3) is 0.400. The summed E-state index contributed by atoms with van der Waals surface area (Å²) in [7, 11) is 1.23. The summed E-state index contributed by atoms with van der Waals surface area (Å²) in [6.45, 7) is 0. The standard InChI is InChI=1S/C15H16Cl2N2O4/c1-23-15(22)12(7-8-9(16)3-2-4-10(8)17)19-14(21)11-5-6-13(20)18-11/h2-4,11-12H,5-7H2,1H3,(H,18,20)(H,19,21)/t11-,12-/m0/s1. The normalized spacial score (nSPS) is 18.2. The summed E-state index contributed by atoms with van der Waals surface area (Å²) in [4.78, 5) is 35.3. The summed E-state index contributed by atoms with van der Waals surface area (Å²) in [5, 5.41) is 5.93. The van der Waals surface area contributed by atoms with Crippen molar-refractivity contribution in [3.63, 3.8) is 0 Å². The monoisotopic (exact) mass is 358 g/mol. The molecule has 1 aliphatic heterocycles. The third-order valence-corrected chi connectivity index (χ3v) is 4.29. The first kappa shape index (κ1) is 17.6. The molecule has 2 atom stereocenters. The second-order valence-corrected chi connectivity index (χ2v) is 5.96. The van der Waals surface area contributed by atoms with Crippen LogP contribution in [0, 0.1) is 0 Å². The molecule has 0 aliphatic carbocycles. The Morgan fingerprint density at radius 3 is 2.57 bits per heavy atom. The molecule has 2 amide bonds. The molecule has 0 aromatic heterocycles. The van der Waals surface area contributed by atoms with E-state index in [9.17, 15) is 14.4 Å². The Morgan fingerprint density at radius 1 is 1.39 bits per heavy atom. The largest absolute Gasteiger partial charge is 0.467 e. The van der Waals surface area contributed by atoms with E-state index in [2.05, 4.69) is 10.6 Å². The smallest absolute Gasteiger partial charge is 0.328 e. The molecule has 1 aromatic rings. The van der Waals surface area contributed by atoms with Crippen LogP contribution in [0.5, 0.6) is 0 Å². The highest BCUT2D eigenvalue weighted by molar-refractivity contribution is 6.36. The van der Waals surface area contributed by atoms with Crippen LogP contribution in [0.3, 0.4) is 0 Å². The lowest BCUT2D eigenvalue weighted by Gasteiger charge is -2.20. The van der Waals surface area contributed by atoms with Gasteiger partial charge in [-0.3, -0.25) is 9.59 Å². The zero-order valence-corrected chi connectivity index (χ0v) is 13.9. The van der Waals surface area contributed by atoms with E-state index in [1.165, 1.54) is 7.11 Å². The van der Waals surface area contributed by atoms with E-state index in [1.54, 1.807) is 18.2 Å². The van der Waals surface area contributed by atoms with Crippen LogP contribution < -0.4 is 10.6 Å². The maximum absolute atomic E-state index is 12.2. The van der Waals surface area contributed by atoms with Gasteiger partial charge in [-0.1, -0.05) is 29.3 Å². The number of ether oxygens (including phenoxy) is 1. The van der Waals surface area contributed by atoms with E-state index in [4.69, 9.17) is 27.9 Å². The van der Waals surface area contributed by atoms with Gasteiger partial charge in [-0.25, -0.2) is 4.79 Å². The van der Waals surface area contributed by atoms with E-state index >= 15 is 0 Å². The van der Waals surface area contributed by atoms with Crippen LogP contribution in [0.4, 0.5) is 0 Å². The number of halogens is 2. The van der Waals surface area contributed by atoms with Crippen LogP contribution in [0.1, 0.15) is 18.4 Å². The number of methoxy groups -OCH3 is 1. The molecule has 1 fully saturated rings. The topological polar surface area (TPSA) is 84.5 Å². The first-order valence-electron chi connectivity index (χ1n) is 7.03. The summed E-state index contributed by atoms with van der Waals surface area (Å²) in [6, 6.07) is 3.40. The predicted molar refractivity (Wildman–Crippen MR) is 85.3 cm³/mol. The number of carbonyl (C=O) groups is 3. The van der Waals surface area contributed by atoms with Gasteiger partial charge < -0.3 is 15.4 Å². The lowest BCUT2D eigenvalue weighted by Crippen LogP contribution is -2.50. The Balaban J connectivity index is 2.13. The van der Waals surface area contributed by atoms with Gasteiger partial charge in [0.1, 0.15) is 12.1 Å². The molecule has 1 aliphatic rings. The summed E-state index contributed by atoms with van der Waals surface area (Å²) in [5.41, 5.74) is 0.544. The summed E-state index contributed by atoms with van der Waals surface area (Å²) in [5.74, 6) is -1.23. The minimum atomic E-state index is -0.942. The van der Waals surface area contributed by atoms with Crippen molar-refractivity contribution in [2.45, 2.75) is 31.3 Å². The molecule has 124 valence electrons. The summed E-state index contributed by atoms with van der Waals surface area (Å²) >= 11 is 12.2. The van der Waals surface area contributed by atoms with Gasteiger partial charge in [0, 0.05) is 22.9 Å². The minimum absolute atomic E-state index is 0.0948. The molecule has 0 unspecified atom stereocenters. The van der Waals surface area contributed by atoms with Crippen LogP contribution in [0.15, 0.2) is 18.2 Å². The number of carbonyl (C=O) groups excluding carboxylic acids is 3. The van der Waals surface area contributed by atoms with Crippen molar-refractivity contribution in [3.8, 4) is 0 Å². The van der Waals surface area contributed by atoms with Crippen LogP contribution in [-0.4, -0.2) is 37.0 Å². The molecular weight excluding hydrogens is 343 g/mol. The molecule has 0 radical (unpaired) electrons. The molecule has 0 spiro atoms. The first-order valence-corrected chi connectivity index (χ1v) is 7.78. The SMILES string of the molecule is COC(=O)[C@H](Cc1c(Cl)cccc1Cl)NC(=O)[C@@H]1CCC(=O)N1. The van der Waals surface area contributed by atoms with Crippen molar-refractivity contribution in [1.82, 2.24) is 10.6 Å². The fourth-order valence-corrected chi connectivity index (χ4v) is 2.90. The quantitative estimate of drug-likeness (QED) is 0.780. The van der Waals surface area contributed by atoms with E-state index in [0.717, 1.165) is 0 Å². The number of esters is 1. The summed E-state index contributed by atoms with van der Waals surface area (Å²) in [6.07, 6.45) is 0.778. The molecule has 1 heterocycles. The molecule has 1 saturated heterocycles. The Morgan fingerprint density at radius 2 is 2.04 bits per heavy atom. The van der Waals surface area contributed by atoms with E-state index in [1.807, 2.05) is 0 Å². The lowest BCUT2D eigenvalue weighted by atomic mass is 10.0. The highest BCUT2D eigenvalue weighted by Gasteiger charge is 2.31. The molecule has 1 aromatic carbocycles. The van der Waals surface area contributed by atoms with Crippen molar-refractivity contribution in [2.24, 2.45) is 0 Å². The molecule has 0 saturated carbocycles. The second-order valence-electron chi connectivity index (χ2n) is 5.15. The molecule has 23 heavy (non-hydrogen) atoms. The van der Waals surface area contributed by atoms with E-state index in [0.29, 0.717) is 22.0 Å². The number of hydrogen-bond acceptors (Lipinski definition) is 4. The third kappa shape index (κ3) is 4.36. The van der Waals surface area contributed by atoms with Gasteiger partial charge in [-0.2, -0.15) is 0 Å². The highest BCUT2D eigenvalue weighted by Crippen LogP contribution is 2.25. The molecule has 8 heteroatoms. The van der Waals surface area contributed by atoms with Gasteiger partial charge in [0.05, 0.1) is 7.11 Å². The zero-order chi connectivity index (χ0) is 17.0. The van der Waals surface area contributed by atoms with Crippen molar-refractivity contribution in [3.05, 3.63) is 33.8 Å². The van der Waals surface area contributed by atoms with Crippen LogP contribution in [0.2, 0.25) is 10.0 Å². The lowest BCUT2D eigenvalue weighted by molar-refractivity contribution is -0.145. The average Bonchev–Trinajstić information content (AvgIpc) is 2.95. The zero-order valence-electron chi connectivity index (χ0n) is 12.4. The van der Waals surface area contributed by atoms with Crippen LogP contribution >= 0.6 is 23.2 Å². The van der Waals surface area contributed by atoms with Gasteiger partial charge >= 0.3 is 5.97 Å². The number of nitrogens with one attached hydrogen (secondary N) is 2. The Labute approximate surface area is 143 Å². The maximum Gasteiger partial charge on any atom is 0.328 e. The average molecular weight is 359 g/mol. The highest BCUT2D eigenvalue weighted by atomic mass is 35.5. The van der Waals surface area contributed by atoms with Crippen molar-refractivity contribution >= 4 is 41.0 Å². The van der Waals surface area contributed by atoms with Gasteiger partial charge in [0.25, 0.3) is 0 Å². The summed E-state index contributed by atoms with van der Waals surface area (Å²) < 4.78 is 4.72. The third-order valence-electron chi connectivity index (χ3n) is 3.58. The Hall–Kier alpha value is -1.79. The van der Waals surface area contributed by atoms with Crippen molar-refractivity contribution in [1.29, 1.82) is 0 Å². The Bertz CT molecular complexity index is 616. The van der Waals surface area contributed by atoms with Crippen LogP contribution in [-0.2, 0) is 25.5 Å². The number of amides is 2. The minimum Gasteiger partial charge on any atom is -0.467 e. The van der Waals surface area contributed by atoms with Gasteiger partial charge in [-0.15, -0.1) is 0 Å². The second kappa shape index (κ2) is 7.66. The predicted octanol–water partition coefficient (Wildman–Crippen LogP) is 1.47. The molecule has 2 N–H and O–H groups in total.